The minimum Gasteiger partial charge on any atom is -0.372 e. The maximum atomic E-state index is 10.9. The average Bonchev–Trinajstić information content (AvgIpc) is 2.57. The zero-order valence-electron chi connectivity index (χ0n) is 13.3. The van der Waals surface area contributed by atoms with E-state index in [4.69, 9.17) is 0 Å². The molecule has 0 saturated carbocycles. The summed E-state index contributed by atoms with van der Waals surface area (Å²) in [6, 6.07) is 14.4. The molecule has 2 aromatic rings. The number of hydrogen-bond donors (Lipinski definition) is 1. The van der Waals surface area contributed by atoms with Gasteiger partial charge in [0.25, 0.3) is 5.69 Å². The topological polar surface area (TPSA) is 70.8 Å². The number of nitrogens with one attached hydrogen (secondary N) is 1. The number of nitrogens with zero attached hydrogens (tertiary/aromatic N) is 3. The van der Waals surface area contributed by atoms with Crippen molar-refractivity contribution in [2.45, 2.75) is 13.8 Å². The molecule has 0 heterocycles. The zero-order chi connectivity index (χ0) is 16.7. The van der Waals surface area contributed by atoms with Crippen LogP contribution < -0.4 is 10.3 Å². The summed E-state index contributed by atoms with van der Waals surface area (Å²) in [6.45, 7) is 6.16. The lowest BCUT2D eigenvalue weighted by Crippen LogP contribution is -2.21. The molecule has 23 heavy (non-hydrogen) atoms. The highest BCUT2D eigenvalue weighted by atomic mass is 16.6. The van der Waals surface area contributed by atoms with Crippen LogP contribution in [0.2, 0.25) is 0 Å². The normalized spacial score (nSPS) is 10.7. The molecular formula is C17H20N4O2. The maximum absolute atomic E-state index is 10.9. The van der Waals surface area contributed by atoms with Gasteiger partial charge in [0.2, 0.25) is 0 Å². The summed E-state index contributed by atoms with van der Waals surface area (Å²) in [5, 5.41) is 15.0. The summed E-state index contributed by atoms with van der Waals surface area (Å²) < 4.78 is 0. The predicted octanol–water partition coefficient (Wildman–Crippen LogP) is 3.89. The van der Waals surface area contributed by atoms with Crippen LogP contribution in [-0.2, 0) is 0 Å². The van der Waals surface area contributed by atoms with Crippen molar-refractivity contribution in [2.24, 2.45) is 5.10 Å². The van der Waals surface area contributed by atoms with Gasteiger partial charge in [-0.2, -0.15) is 5.10 Å². The molecule has 1 N–H and O–H groups in total. The van der Waals surface area contributed by atoms with Crippen LogP contribution in [0.4, 0.5) is 17.1 Å². The summed E-state index contributed by atoms with van der Waals surface area (Å²) in [7, 11) is 0. The Balaban J connectivity index is 2.05. The van der Waals surface area contributed by atoms with Crippen molar-refractivity contribution in [1.29, 1.82) is 0 Å². The quantitative estimate of drug-likeness (QED) is 0.478. The second-order valence-corrected chi connectivity index (χ2v) is 4.91. The third-order valence-electron chi connectivity index (χ3n) is 3.52. The second kappa shape index (κ2) is 7.93. The van der Waals surface area contributed by atoms with Crippen LogP contribution in [0.3, 0.4) is 0 Å². The first-order valence-corrected chi connectivity index (χ1v) is 7.53. The van der Waals surface area contributed by atoms with E-state index in [0.29, 0.717) is 5.69 Å². The molecule has 0 aliphatic heterocycles. The molecule has 0 aliphatic carbocycles. The first-order chi connectivity index (χ1) is 11.2. The minimum atomic E-state index is -0.434. The van der Waals surface area contributed by atoms with Crippen LogP contribution in [0.25, 0.3) is 0 Å². The number of nitro benzene ring substituents is 1. The molecule has 6 nitrogen and oxygen atoms in total. The van der Waals surface area contributed by atoms with E-state index in [0.717, 1.165) is 18.7 Å². The molecule has 0 aromatic heterocycles. The Bertz CT molecular complexity index is 679. The molecule has 2 rings (SSSR count). The Morgan fingerprint density at radius 2 is 1.78 bits per heavy atom. The third kappa shape index (κ3) is 4.29. The monoisotopic (exact) mass is 312 g/mol. The van der Waals surface area contributed by atoms with Gasteiger partial charge in [-0.1, -0.05) is 24.3 Å². The summed E-state index contributed by atoms with van der Waals surface area (Å²) in [5.41, 5.74) is 5.18. The first-order valence-electron chi connectivity index (χ1n) is 7.53. The van der Waals surface area contributed by atoms with Crippen LogP contribution in [0.5, 0.6) is 0 Å². The molecule has 6 heteroatoms. The fourth-order valence-corrected chi connectivity index (χ4v) is 2.26. The van der Waals surface area contributed by atoms with E-state index in [1.54, 1.807) is 24.4 Å². The van der Waals surface area contributed by atoms with Crippen molar-refractivity contribution >= 4 is 23.3 Å². The molecule has 0 amide bonds. The smallest absolute Gasteiger partial charge is 0.294 e. The van der Waals surface area contributed by atoms with Gasteiger partial charge in [0.05, 0.1) is 11.1 Å². The van der Waals surface area contributed by atoms with E-state index in [2.05, 4.69) is 29.3 Å². The Labute approximate surface area is 135 Å². The van der Waals surface area contributed by atoms with Crippen molar-refractivity contribution in [3.05, 3.63) is 64.2 Å². The maximum Gasteiger partial charge on any atom is 0.294 e. The standard InChI is InChI=1S/C17H20N4O2/c1-3-20(4-2)15-11-9-14(10-12-15)13-18-19-16-7-5-6-8-17(16)21(22)23/h5-13,19H,3-4H2,1-2H3/b18-13-. The second-order valence-electron chi connectivity index (χ2n) is 4.91. The van der Waals surface area contributed by atoms with Gasteiger partial charge in [-0.25, -0.2) is 0 Å². The highest BCUT2D eigenvalue weighted by Gasteiger charge is 2.10. The molecule has 0 fully saturated rings. The molecule has 0 radical (unpaired) electrons. The summed E-state index contributed by atoms with van der Waals surface area (Å²) in [5.74, 6) is 0. The van der Waals surface area contributed by atoms with Gasteiger partial charge in [-0.3, -0.25) is 15.5 Å². The molecular weight excluding hydrogens is 292 g/mol. The highest BCUT2D eigenvalue weighted by molar-refractivity contribution is 5.81. The Morgan fingerprint density at radius 3 is 2.39 bits per heavy atom. The van der Waals surface area contributed by atoms with Gasteiger partial charge < -0.3 is 4.90 Å². The van der Waals surface area contributed by atoms with Gasteiger partial charge in [-0.15, -0.1) is 0 Å². The van der Waals surface area contributed by atoms with Crippen molar-refractivity contribution in [2.75, 3.05) is 23.4 Å². The number of anilines is 2. The average molecular weight is 312 g/mol. The number of rotatable bonds is 7. The molecule has 0 spiro atoms. The Morgan fingerprint density at radius 1 is 1.13 bits per heavy atom. The number of hydrogen-bond acceptors (Lipinski definition) is 5. The number of hydrazone groups is 1. The van der Waals surface area contributed by atoms with Crippen molar-refractivity contribution in [3.8, 4) is 0 Å². The SMILES string of the molecule is CCN(CC)c1ccc(/C=N\Nc2ccccc2[N+](=O)[O-])cc1. The fraction of sp³-hybridized carbons (Fsp3) is 0.235. The Kier molecular flexibility index (Phi) is 5.68. The van der Waals surface area contributed by atoms with Gasteiger partial charge in [0, 0.05) is 24.8 Å². The summed E-state index contributed by atoms with van der Waals surface area (Å²) in [4.78, 5) is 12.7. The van der Waals surface area contributed by atoms with Crippen LogP contribution in [0, 0.1) is 10.1 Å². The molecule has 2 aromatic carbocycles. The zero-order valence-corrected chi connectivity index (χ0v) is 13.3. The largest absolute Gasteiger partial charge is 0.372 e. The van der Waals surface area contributed by atoms with Crippen molar-refractivity contribution in [3.63, 3.8) is 0 Å². The first kappa shape index (κ1) is 16.5. The van der Waals surface area contributed by atoms with Crippen LogP contribution >= 0.6 is 0 Å². The molecule has 0 bridgehead atoms. The molecule has 120 valence electrons. The van der Waals surface area contributed by atoms with E-state index in [1.807, 2.05) is 24.3 Å². The van der Waals surface area contributed by atoms with Crippen molar-refractivity contribution in [1.82, 2.24) is 0 Å². The molecule has 0 aliphatic rings. The molecule has 0 unspecified atom stereocenters. The lowest BCUT2D eigenvalue weighted by atomic mass is 10.2. The van der Waals surface area contributed by atoms with Gasteiger partial charge in [-0.05, 0) is 37.6 Å². The Hall–Kier alpha value is -2.89. The minimum absolute atomic E-state index is 0.00142. The third-order valence-corrected chi connectivity index (χ3v) is 3.52. The molecule has 0 atom stereocenters. The van der Waals surface area contributed by atoms with Gasteiger partial charge >= 0.3 is 0 Å². The lowest BCUT2D eigenvalue weighted by molar-refractivity contribution is -0.384. The lowest BCUT2D eigenvalue weighted by Gasteiger charge is -2.20. The van der Waals surface area contributed by atoms with Gasteiger partial charge in [0.15, 0.2) is 0 Å². The number of benzene rings is 2. The van der Waals surface area contributed by atoms with Crippen LogP contribution in [0.15, 0.2) is 53.6 Å². The number of nitro groups is 1. The van der Waals surface area contributed by atoms with E-state index in [-0.39, 0.29) is 5.69 Å². The summed E-state index contributed by atoms with van der Waals surface area (Å²) in [6.07, 6.45) is 1.64. The van der Waals surface area contributed by atoms with Gasteiger partial charge in [0.1, 0.15) is 5.69 Å². The van der Waals surface area contributed by atoms with Crippen LogP contribution in [0.1, 0.15) is 19.4 Å². The number of para-hydroxylation sites is 2. The van der Waals surface area contributed by atoms with E-state index >= 15 is 0 Å². The predicted molar refractivity (Wildman–Crippen MR) is 94.3 cm³/mol. The van der Waals surface area contributed by atoms with E-state index < -0.39 is 4.92 Å². The summed E-state index contributed by atoms with van der Waals surface area (Å²) >= 11 is 0. The highest BCUT2D eigenvalue weighted by Crippen LogP contribution is 2.23. The molecule has 0 saturated heterocycles. The van der Waals surface area contributed by atoms with Crippen molar-refractivity contribution < 1.29 is 4.92 Å². The van der Waals surface area contributed by atoms with E-state index in [1.165, 1.54) is 11.8 Å². The van der Waals surface area contributed by atoms with Crippen LogP contribution in [-0.4, -0.2) is 24.2 Å². The van der Waals surface area contributed by atoms with E-state index in [9.17, 15) is 10.1 Å². The fourth-order valence-electron chi connectivity index (χ4n) is 2.26.